The molecule has 2 rings (SSSR count). The molecule has 2 nitrogen and oxygen atoms in total. The number of halogens is 1. The van der Waals surface area contributed by atoms with Crippen LogP contribution in [0.5, 0.6) is 0 Å². The Kier molecular flexibility index (Phi) is 3.41. The largest absolute Gasteiger partial charge is 0.298 e. The van der Waals surface area contributed by atoms with E-state index in [4.69, 9.17) is 11.6 Å². The van der Waals surface area contributed by atoms with Gasteiger partial charge >= 0.3 is 0 Å². The van der Waals surface area contributed by atoms with Crippen LogP contribution < -0.4 is 0 Å². The number of aldehydes is 1. The van der Waals surface area contributed by atoms with E-state index in [2.05, 4.69) is 4.98 Å². The van der Waals surface area contributed by atoms with Gasteiger partial charge in [-0.1, -0.05) is 29.4 Å². The highest BCUT2D eigenvalue weighted by Gasteiger charge is 2.08. The normalized spacial score (nSPS) is 10.2. The maximum absolute atomic E-state index is 10.9. The molecule has 0 aliphatic carbocycles. The predicted octanol–water partition coefficient (Wildman–Crippen LogP) is 3.76. The van der Waals surface area contributed by atoms with Crippen LogP contribution in [0.4, 0.5) is 0 Å². The molecular formula is C10H6ClNOS2. The number of carbonyl (C=O) groups is 1. The lowest BCUT2D eigenvalue weighted by molar-refractivity contribution is 0.112. The molecule has 1 aromatic heterocycles. The summed E-state index contributed by atoms with van der Waals surface area (Å²) in [5.41, 5.74) is 0.527. The van der Waals surface area contributed by atoms with E-state index in [1.165, 1.54) is 23.1 Å². The van der Waals surface area contributed by atoms with Crippen LogP contribution in [0.2, 0.25) is 5.02 Å². The Bertz CT molecular complexity index is 470. The molecule has 0 saturated heterocycles. The molecule has 0 atom stereocenters. The second-order valence-corrected chi connectivity index (χ2v) is 5.26. The highest BCUT2D eigenvalue weighted by Crippen LogP contribution is 2.33. The molecule has 15 heavy (non-hydrogen) atoms. The second-order valence-electron chi connectivity index (χ2n) is 2.67. The van der Waals surface area contributed by atoms with Crippen LogP contribution in [0.15, 0.2) is 39.0 Å². The number of benzene rings is 1. The zero-order chi connectivity index (χ0) is 10.7. The first-order valence-electron chi connectivity index (χ1n) is 4.12. The molecule has 0 fully saturated rings. The van der Waals surface area contributed by atoms with Gasteiger partial charge in [-0.25, -0.2) is 4.98 Å². The van der Waals surface area contributed by atoms with Gasteiger partial charge in [-0.2, -0.15) is 0 Å². The van der Waals surface area contributed by atoms with Crippen LogP contribution in [0.25, 0.3) is 0 Å². The first-order chi connectivity index (χ1) is 7.31. The fourth-order valence-corrected chi connectivity index (χ4v) is 3.06. The van der Waals surface area contributed by atoms with E-state index in [0.717, 1.165) is 15.5 Å². The summed E-state index contributed by atoms with van der Waals surface area (Å²) in [7, 11) is 0. The topological polar surface area (TPSA) is 30.0 Å². The van der Waals surface area contributed by atoms with Crippen molar-refractivity contribution in [1.29, 1.82) is 0 Å². The molecular weight excluding hydrogens is 250 g/mol. The molecule has 1 aromatic carbocycles. The molecule has 0 unspecified atom stereocenters. The molecule has 1 heterocycles. The van der Waals surface area contributed by atoms with Crippen LogP contribution in [-0.2, 0) is 0 Å². The van der Waals surface area contributed by atoms with Crippen LogP contribution in [0, 0.1) is 0 Å². The molecule has 0 bridgehead atoms. The van der Waals surface area contributed by atoms with Gasteiger partial charge < -0.3 is 0 Å². The summed E-state index contributed by atoms with van der Waals surface area (Å²) in [6, 6.07) is 5.39. The molecule has 0 radical (unpaired) electrons. The number of rotatable bonds is 3. The highest BCUT2D eigenvalue weighted by atomic mass is 35.5. The molecule has 76 valence electrons. The minimum atomic E-state index is 0.478. The highest BCUT2D eigenvalue weighted by molar-refractivity contribution is 8.01. The van der Waals surface area contributed by atoms with Crippen molar-refractivity contribution in [3.63, 3.8) is 0 Å². The third kappa shape index (κ3) is 2.40. The minimum absolute atomic E-state index is 0.478. The van der Waals surface area contributed by atoms with Crippen molar-refractivity contribution < 1.29 is 4.79 Å². The summed E-state index contributed by atoms with van der Waals surface area (Å²) in [5.74, 6) is 0. The molecule has 0 saturated carbocycles. The summed E-state index contributed by atoms with van der Waals surface area (Å²) in [6.45, 7) is 0. The standard InChI is InChI=1S/C10H6ClNOS2/c11-8-2-1-3-9(7(8)6-13)15-10-12-4-5-14-10/h1-6H. The fraction of sp³-hybridized carbons (Fsp3) is 0. The lowest BCUT2D eigenvalue weighted by Crippen LogP contribution is -1.86. The summed E-state index contributed by atoms with van der Waals surface area (Å²) in [6.07, 6.45) is 2.51. The summed E-state index contributed by atoms with van der Waals surface area (Å²) in [4.78, 5) is 15.8. The Balaban J connectivity index is 2.36. The average molecular weight is 256 g/mol. The van der Waals surface area contributed by atoms with Crippen molar-refractivity contribution in [2.24, 2.45) is 0 Å². The zero-order valence-electron chi connectivity index (χ0n) is 7.51. The summed E-state index contributed by atoms with van der Waals surface area (Å²) >= 11 is 8.90. The van der Waals surface area contributed by atoms with Crippen LogP contribution in [-0.4, -0.2) is 11.3 Å². The van der Waals surface area contributed by atoms with E-state index in [9.17, 15) is 4.79 Å². The smallest absolute Gasteiger partial charge is 0.154 e. The molecule has 2 aromatic rings. The van der Waals surface area contributed by atoms with Crippen LogP contribution in [0.1, 0.15) is 10.4 Å². The maximum atomic E-state index is 10.9. The first-order valence-corrected chi connectivity index (χ1v) is 6.19. The lowest BCUT2D eigenvalue weighted by atomic mass is 10.2. The number of thiazole rings is 1. The van der Waals surface area contributed by atoms with Crippen LogP contribution in [0.3, 0.4) is 0 Å². The predicted molar refractivity (Wildman–Crippen MR) is 63.1 cm³/mol. The van der Waals surface area contributed by atoms with E-state index >= 15 is 0 Å². The average Bonchev–Trinajstić information content (AvgIpc) is 2.71. The SMILES string of the molecule is O=Cc1c(Cl)cccc1Sc1nccs1. The molecule has 0 amide bonds. The molecule has 0 spiro atoms. The summed E-state index contributed by atoms with van der Waals surface area (Å²) in [5, 5.41) is 2.37. The van der Waals surface area contributed by atoms with E-state index < -0.39 is 0 Å². The van der Waals surface area contributed by atoms with E-state index in [0.29, 0.717) is 10.6 Å². The van der Waals surface area contributed by atoms with E-state index in [1.54, 1.807) is 12.3 Å². The van der Waals surface area contributed by atoms with Gasteiger partial charge in [-0.05, 0) is 12.1 Å². The lowest BCUT2D eigenvalue weighted by Gasteiger charge is -2.02. The van der Waals surface area contributed by atoms with Crippen molar-refractivity contribution in [2.45, 2.75) is 9.24 Å². The number of hydrogen-bond acceptors (Lipinski definition) is 4. The van der Waals surface area contributed by atoms with E-state index in [-0.39, 0.29) is 0 Å². The number of carbonyl (C=O) groups excluding carboxylic acids is 1. The minimum Gasteiger partial charge on any atom is -0.298 e. The van der Waals surface area contributed by atoms with Crippen LogP contribution >= 0.6 is 34.7 Å². The maximum Gasteiger partial charge on any atom is 0.154 e. The van der Waals surface area contributed by atoms with Gasteiger partial charge in [0.25, 0.3) is 0 Å². The van der Waals surface area contributed by atoms with Gasteiger partial charge in [0, 0.05) is 22.0 Å². The first kappa shape index (κ1) is 10.7. The van der Waals surface area contributed by atoms with E-state index in [1.807, 2.05) is 17.5 Å². The quantitative estimate of drug-likeness (QED) is 0.783. The fourth-order valence-electron chi connectivity index (χ4n) is 1.08. The van der Waals surface area contributed by atoms with Gasteiger partial charge in [0.05, 0.1) is 5.02 Å². The molecule has 0 aliphatic rings. The third-order valence-corrected chi connectivity index (χ3v) is 4.03. The molecule has 5 heteroatoms. The Labute approximate surface area is 100 Å². The van der Waals surface area contributed by atoms with Crippen molar-refractivity contribution in [3.05, 3.63) is 40.4 Å². The Morgan fingerprint density at radius 2 is 2.33 bits per heavy atom. The van der Waals surface area contributed by atoms with Crippen molar-refractivity contribution in [3.8, 4) is 0 Å². The van der Waals surface area contributed by atoms with Gasteiger partial charge in [0.1, 0.15) is 0 Å². The monoisotopic (exact) mass is 255 g/mol. The van der Waals surface area contributed by atoms with Crippen molar-refractivity contribution in [2.75, 3.05) is 0 Å². The Hall–Kier alpha value is -0.840. The Morgan fingerprint density at radius 3 is 3.00 bits per heavy atom. The zero-order valence-corrected chi connectivity index (χ0v) is 9.90. The number of nitrogens with zero attached hydrogens (tertiary/aromatic N) is 1. The van der Waals surface area contributed by atoms with Gasteiger partial charge in [0.2, 0.25) is 0 Å². The van der Waals surface area contributed by atoms with Crippen molar-refractivity contribution in [1.82, 2.24) is 4.98 Å². The number of hydrogen-bond donors (Lipinski definition) is 0. The molecule has 0 aliphatic heterocycles. The third-order valence-electron chi connectivity index (χ3n) is 1.74. The molecule has 0 N–H and O–H groups in total. The van der Waals surface area contributed by atoms with Crippen molar-refractivity contribution >= 4 is 41.0 Å². The second kappa shape index (κ2) is 4.79. The van der Waals surface area contributed by atoms with Gasteiger partial charge in [-0.15, -0.1) is 11.3 Å². The number of aromatic nitrogens is 1. The van der Waals surface area contributed by atoms with Gasteiger partial charge in [0.15, 0.2) is 10.6 Å². The summed E-state index contributed by atoms with van der Waals surface area (Å²) < 4.78 is 0.903. The Morgan fingerprint density at radius 1 is 1.47 bits per heavy atom. The van der Waals surface area contributed by atoms with Gasteiger partial charge in [-0.3, -0.25) is 4.79 Å².